The number of likely N-dealkylation sites (N-methyl/N-ethyl adjacent to an activating group) is 1. The Morgan fingerprint density at radius 2 is 1.94 bits per heavy atom. The number of carbonyl (C=O) groups excluding carboxylic acids is 1. The first-order valence-corrected chi connectivity index (χ1v) is 4.56. The molecule has 0 aliphatic rings. The third-order valence-corrected chi connectivity index (χ3v) is 1.73. The molecule has 0 atom stereocenters. The Hall–Kier alpha value is -1.51. The molecule has 0 fully saturated rings. The number of hydrogen-bond acceptors (Lipinski definition) is 6. The molecule has 0 radical (unpaired) electrons. The summed E-state index contributed by atoms with van der Waals surface area (Å²) in [6, 6.07) is 5.39. The van der Waals surface area contributed by atoms with Crippen molar-refractivity contribution in [1.82, 2.24) is 5.01 Å². The topological polar surface area (TPSA) is 111 Å². The monoisotopic (exact) mass is 260 g/mol. The van der Waals surface area contributed by atoms with Crippen molar-refractivity contribution >= 4 is 17.3 Å². The van der Waals surface area contributed by atoms with Crippen LogP contribution >= 0.6 is 0 Å². The molecular weight excluding hydrogens is 251 g/mol. The van der Waals surface area contributed by atoms with Gasteiger partial charge in [-0.05, 0) is 12.1 Å². The second kappa shape index (κ2) is 7.75. The van der Waals surface area contributed by atoms with Crippen LogP contribution in [0.4, 0.5) is 11.4 Å². The molecule has 0 saturated carbocycles. The van der Waals surface area contributed by atoms with Crippen LogP contribution in [0.25, 0.3) is 0 Å². The van der Waals surface area contributed by atoms with Crippen LogP contribution in [-0.2, 0) is 4.79 Å². The number of rotatable bonds is 5. The Morgan fingerprint density at radius 1 is 1.39 bits per heavy atom. The molecule has 0 aromatic heterocycles. The summed E-state index contributed by atoms with van der Waals surface area (Å²) in [5, 5.41) is 28.9. The molecule has 18 heavy (non-hydrogen) atoms. The van der Waals surface area contributed by atoms with Crippen molar-refractivity contribution in [3.8, 4) is 0 Å². The summed E-state index contributed by atoms with van der Waals surface area (Å²) in [6.45, 7) is -0.378. The van der Waals surface area contributed by atoms with Gasteiger partial charge in [-0.15, -0.1) is 5.11 Å². The summed E-state index contributed by atoms with van der Waals surface area (Å²) in [5.41, 5.74) is 0.341. The molecule has 8 nitrogen and oxygen atoms in total. The Balaban J connectivity index is 0.00000289. The smallest absolute Gasteiger partial charge is 0.548 e. The van der Waals surface area contributed by atoms with Gasteiger partial charge in [-0.2, -0.15) is 0 Å². The Labute approximate surface area is 125 Å². The Morgan fingerprint density at radius 3 is 2.39 bits per heavy atom. The van der Waals surface area contributed by atoms with Crippen LogP contribution in [-0.4, -0.2) is 29.5 Å². The van der Waals surface area contributed by atoms with Gasteiger partial charge in [0.1, 0.15) is 0 Å². The largest absolute Gasteiger partial charge is 1.00 e. The van der Waals surface area contributed by atoms with Crippen molar-refractivity contribution in [3.05, 3.63) is 34.4 Å². The van der Waals surface area contributed by atoms with Crippen molar-refractivity contribution in [2.24, 2.45) is 10.3 Å². The summed E-state index contributed by atoms with van der Waals surface area (Å²) in [6.07, 6.45) is 0. The van der Waals surface area contributed by atoms with Crippen molar-refractivity contribution in [2.45, 2.75) is 0 Å². The van der Waals surface area contributed by atoms with E-state index in [9.17, 15) is 20.0 Å². The fourth-order valence-corrected chi connectivity index (χ4v) is 0.987. The number of nitro groups is 1. The number of carbonyl (C=O) groups is 1. The zero-order valence-electron chi connectivity index (χ0n) is 9.94. The van der Waals surface area contributed by atoms with Crippen LogP contribution in [0.5, 0.6) is 0 Å². The van der Waals surface area contributed by atoms with Crippen molar-refractivity contribution in [3.63, 3.8) is 0 Å². The van der Waals surface area contributed by atoms with Gasteiger partial charge in [-0.1, -0.05) is 5.22 Å². The fraction of sp³-hybridized carbons (Fsp3) is 0.222. The minimum Gasteiger partial charge on any atom is -0.548 e. The van der Waals surface area contributed by atoms with Crippen LogP contribution in [0.3, 0.4) is 0 Å². The van der Waals surface area contributed by atoms with Crippen molar-refractivity contribution in [2.75, 3.05) is 13.6 Å². The number of aliphatic carboxylic acids is 1. The first-order valence-electron chi connectivity index (χ1n) is 4.56. The summed E-state index contributed by atoms with van der Waals surface area (Å²) in [4.78, 5) is 20.1. The maximum Gasteiger partial charge on any atom is 1.00 e. The molecular formula is C9H9N4NaO4. The van der Waals surface area contributed by atoms with E-state index in [-0.39, 0.29) is 41.8 Å². The maximum absolute atomic E-state index is 10.4. The average molecular weight is 260 g/mol. The van der Waals surface area contributed by atoms with Gasteiger partial charge in [0, 0.05) is 19.2 Å². The van der Waals surface area contributed by atoms with E-state index in [0.29, 0.717) is 5.69 Å². The number of nitro benzene ring substituents is 1. The zero-order valence-corrected chi connectivity index (χ0v) is 11.9. The first kappa shape index (κ1) is 16.5. The molecule has 1 aromatic carbocycles. The van der Waals surface area contributed by atoms with E-state index >= 15 is 0 Å². The number of carboxylic acid groups (broad SMARTS) is 1. The van der Waals surface area contributed by atoms with Gasteiger partial charge < -0.3 is 9.90 Å². The Kier molecular flexibility index (Phi) is 7.10. The molecule has 1 aromatic rings. The normalized spacial score (nSPS) is 9.83. The number of nitrogens with zero attached hydrogens (tertiary/aromatic N) is 4. The SMILES string of the molecule is CN(CC(=O)[O-])N=Nc1ccc([N+](=O)[O-])cc1.[Na+]. The minimum absolute atomic E-state index is 0. The molecule has 0 amide bonds. The van der Waals surface area contributed by atoms with E-state index in [4.69, 9.17) is 0 Å². The van der Waals surface area contributed by atoms with Gasteiger partial charge in [0.05, 0.1) is 23.1 Å². The predicted molar refractivity (Wildman–Crippen MR) is 55.2 cm³/mol. The quantitative estimate of drug-likeness (QED) is 0.247. The van der Waals surface area contributed by atoms with Crippen LogP contribution in [0.1, 0.15) is 0 Å². The average Bonchev–Trinajstić information content (AvgIpc) is 2.26. The van der Waals surface area contributed by atoms with Gasteiger partial charge in [0.2, 0.25) is 0 Å². The maximum atomic E-state index is 10.4. The summed E-state index contributed by atoms with van der Waals surface area (Å²) in [7, 11) is 1.42. The van der Waals surface area contributed by atoms with Gasteiger partial charge in [0.15, 0.2) is 0 Å². The van der Waals surface area contributed by atoms with E-state index in [1.54, 1.807) is 0 Å². The van der Waals surface area contributed by atoms with Crippen LogP contribution in [0.15, 0.2) is 34.6 Å². The van der Waals surface area contributed by atoms with Gasteiger partial charge in [-0.3, -0.25) is 15.1 Å². The third kappa shape index (κ3) is 5.71. The number of carboxylic acids is 1. The van der Waals surface area contributed by atoms with E-state index in [2.05, 4.69) is 10.3 Å². The molecule has 0 aliphatic heterocycles. The molecule has 0 spiro atoms. The first-order chi connectivity index (χ1) is 7.99. The molecule has 90 valence electrons. The Bertz CT molecular complexity index is 448. The number of non-ortho nitro benzene ring substituents is 1. The van der Waals surface area contributed by atoms with E-state index in [1.807, 2.05) is 0 Å². The van der Waals surface area contributed by atoms with E-state index in [0.717, 1.165) is 5.01 Å². The second-order valence-corrected chi connectivity index (χ2v) is 3.15. The molecule has 0 unspecified atom stereocenters. The zero-order chi connectivity index (χ0) is 12.8. The summed E-state index contributed by atoms with van der Waals surface area (Å²) in [5.74, 6) is -1.27. The summed E-state index contributed by atoms with van der Waals surface area (Å²) >= 11 is 0. The molecule has 9 heteroatoms. The summed E-state index contributed by atoms with van der Waals surface area (Å²) < 4.78 is 0. The second-order valence-electron chi connectivity index (χ2n) is 3.15. The van der Waals surface area contributed by atoms with Crippen LogP contribution < -0.4 is 34.7 Å². The van der Waals surface area contributed by atoms with Crippen molar-refractivity contribution in [1.29, 1.82) is 0 Å². The van der Waals surface area contributed by atoms with Crippen molar-refractivity contribution < 1.29 is 44.4 Å². The van der Waals surface area contributed by atoms with Gasteiger partial charge in [-0.25, -0.2) is 0 Å². The fourth-order valence-electron chi connectivity index (χ4n) is 0.987. The minimum atomic E-state index is -1.27. The van der Waals surface area contributed by atoms with Crippen LogP contribution in [0.2, 0.25) is 0 Å². The molecule has 0 saturated heterocycles. The van der Waals surface area contributed by atoms with Gasteiger partial charge in [0.25, 0.3) is 5.69 Å². The molecule has 0 heterocycles. The van der Waals surface area contributed by atoms with Crippen LogP contribution in [0, 0.1) is 10.1 Å². The molecule has 0 bridgehead atoms. The van der Waals surface area contributed by atoms with E-state index in [1.165, 1.54) is 31.3 Å². The molecule has 0 N–H and O–H groups in total. The standard InChI is InChI=1S/C9H10N4O4.Na/c1-12(6-9(14)15)11-10-7-2-4-8(5-3-7)13(16)17;/h2-5H,6H2,1H3,(H,14,15);/q;+1/p-1. The molecule has 1 rings (SSSR count). The van der Waals surface area contributed by atoms with Gasteiger partial charge >= 0.3 is 29.6 Å². The number of benzene rings is 1. The third-order valence-electron chi connectivity index (χ3n) is 1.73. The number of hydrogen-bond donors (Lipinski definition) is 0. The van der Waals surface area contributed by atoms with E-state index < -0.39 is 10.9 Å². The predicted octanol–water partition coefficient (Wildman–Crippen LogP) is -2.72. The molecule has 0 aliphatic carbocycles.